The second kappa shape index (κ2) is 10.2. The fourth-order valence-electron chi connectivity index (χ4n) is 3.63. The van der Waals surface area contributed by atoms with Crippen LogP contribution in [0.25, 0.3) is 0 Å². The number of hydrogen-bond donors (Lipinski definition) is 1. The molecule has 2 amide bonds. The van der Waals surface area contributed by atoms with Gasteiger partial charge in [-0.3, -0.25) is 9.59 Å². The summed E-state index contributed by atoms with van der Waals surface area (Å²) in [5.41, 5.74) is 0.793. The summed E-state index contributed by atoms with van der Waals surface area (Å²) < 4.78 is 12.2. The van der Waals surface area contributed by atoms with E-state index in [2.05, 4.69) is 10.4 Å². The van der Waals surface area contributed by atoms with E-state index in [9.17, 15) is 9.59 Å². The first-order chi connectivity index (χ1) is 14.1. The number of hydrogen-bond acceptors (Lipinski definition) is 5. The minimum Gasteiger partial charge on any atom is -0.384 e. The van der Waals surface area contributed by atoms with Gasteiger partial charge in [0.25, 0.3) is 5.91 Å². The first-order valence-corrected chi connectivity index (χ1v) is 9.83. The van der Waals surface area contributed by atoms with Crippen molar-refractivity contribution in [1.29, 1.82) is 0 Å². The zero-order valence-electron chi connectivity index (χ0n) is 16.9. The summed E-state index contributed by atoms with van der Waals surface area (Å²) in [7, 11) is 3.11. The number of aromatic nitrogens is 2. The molecule has 1 aliphatic heterocycles. The van der Waals surface area contributed by atoms with Crippen LogP contribution < -0.4 is 5.32 Å². The molecule has 1 atom stereocenters. The van der Waals surface area contributed by atoms with E-state index in [0.717, 1.165) is 18.4 Å². The summed E-state index contributed by atoms with van der Waals surface area (Å²) in [4.78, 5) is 26.8. The van der Waals surface area contributed by atoms with E-state index in [1.165, 1.54) is 7.11 Å². The molecule has 3 rings (SSSR count). The Labute approximate surface area is 170 Å². The molecular formula is C21H28N4O4. The van der Waals surface area contributed by atoms with Gasteiger partial charge in [0.15, 0.2) is 6.10 Å². The number of piperidine rings is 1. The number of methoxy groups -OCH3 is 2. The van der Waals surface area contributed by atoms with E-state index in [4.69, 9.17) is 9.47 Å². The van der Waals surface area contributed by atoms with Crippen molar-refractivity contribution in [2.45, 2.75) is 31.4 Å². The second-order valence-electron chi connectivity index (χ2n) is 7.03. The Morgan fingerprint density at radius 1 is 1.17 bits per heavy atom. The molecule has 29 heavy (non-hydrogen) atoms. The molecule has 1 saturated heterocycles. The van der Waals surface area contributed by atoms with Gasteiger partial charge in [0, 0.05) is 33.4 Å². The van der Waals surface area contributed by atoms with Gasteiger partial charge in [-0.15, -0.1) is 0 Å². The zero-order valence-corrected chi connectivity index (χ0v) is 16.9. The third kappa shape index (κ3) is 5.21. The van der Waals surface area contributed by atoms with Gasteiger partial charge in [-0.05, 0) is 18.4 Å². The average Bonchev–Trinajstić information content (AvgIpc) is 3.21. The Hall–Kier alpha value is -2.71. The molecule has 2 heterocycles. The van der Waals surface area contributed by atoms with Gasteiger partial charge in [-0.1, -0.05) is 30.3 Å². The van der Waals surface area contributed by atoms with Gasteiger partial charge in [0.05, 0.1) is 25.3 Å². The van der Waals surface area contributed by atoms with Gasteiger partial charge >= 0.3 is 0 Å². The standard InChI is InChI=1S/C21H28N4O4/c1-28-15-11-19(26)24-13-9-17(10-14-24)25-18(8-12-22-25)23-21(27)20(29-2)16-6-4-3-5-7-16/h3-8,12,17,20H,9-11,13-15H2,1-2H3,(H,23,27). The predicted molar refractivity (Wildman–Crippen MR) is 108 cm³/mol. The van der Waals surface area contributed by atoms with Crippen LogP contribution in [0, 0.1) is 0 Å². The van der Waals surface area contributed by atoms with Crippen LogP contribution in [-0.2, 0) is 19.1 Å². The fourth-order valence-corrected chi connectivity index (χ4v) is 3.63. The molecule has 1 aromatic carbocycles. The van der Waals surface area contributed by atoms with Gasteiger partial charge in [0.2, 0.25) is 5.91 Å². The predicted octanol–water partition coefficient (Wildman–Crippen LogP) is 2.41. The highest BCUT2D eigenvalue weighted by atomic mass is 16.5. The summed E-state index contributed by atoms with van der Waals surface area (Å²) in [6.07, 6.45) is 2.96. The van der Waals surface area contributed by atoms with E-state index in [1.807, 2.05) is 39.9 Å². The van der Waals surface area contributed by atoms with Crippen LogP contribution in [0.15, 0.2) is 42.6 Å². The monoisotopic (exact) mass is 400 g/mol. The number of carbonyl (C=O) groups excluding carboxylic acids is 2. The third-order valence-corrected chi connectivity index (χ3v) is 5.18. The average molecular weight is 400 g/mol. The molecule has 0 spiro atoms. The van der Waals surface area contributed by atoms with Crippen LogP contribution in [-0.4, -0.2) is 60.4 Å². The minimum atomic E-state index is -0.695. The Kier molecular flexibility index (Phi) is 7.37. The molecule has 8 heteroatoms. The number of rotatable bonds is 8. The van der Waals surface area contributed by atoms with E-state index in [-0.39, 0.29) is 17.9 Å². The SMILES string of the molecule is COCCC(=O)N1CCC(n2nccc2NC(=O)C(OC)c2ccccc2)CC1. The second-order valence-corrected chi connectivity index (χ2v) is 7.03. The van der Waals surface area contributed by atoms with Crippen molar-refractivity contribution >= 4 is 17.6 Å². The zero-order chi connectivity index (χ0) is 20.6. The molecule has 1 aromatic heterocycles. The first-order valence-electron chi connectivity index (χ1n) is 9.83. The molecule has 2 aromatic rings. The number of ether oxygens (including phenoxy) is 2. The third-order valence-electron chi connectivity index (χ3n) is 5.18. The first kappa shape index (κ1) is 21.0. The smallest absolute Gasteiger partial charge is 0.259 e. The lowest BCUT2D eigenvalue weighted by Gasteiger charge is -2.33. The van der Waals surface area contributed by atoms with Gasteiger partial charge in [0.1, 0.15) is 5.82 Å². The maximum atomic E-state index is 12.8. The van der Waals surface area contributed by atoms with E-state index < -0.39 is 6.10 Å². The van der Waals surface area contributed by atoms with Crippen molar-refractivity contribution in [3.63, 3.8) is 0 Å². The fraction of sp³-hybridized carbons (Fsp3) is 0.476. The quantitative estimate of drug-likeness (QED) is 0.735. The van der Waals surface area contributed by atoms with Crippen molar-refractivity contribution in [3.8, 4) is 0 Å². The molecule has 8 nitrogen and oxygen atoms in total. The minimum absolute atomic E-state index is 0.116. The lowest BCUT2D eigenvalue weighted by Crippen LogP contribution is -2.39. The highest BCUT2D eigenvalue weighted by Crippen LogP contribution is 2.27. The molecule has 0 radical (unpaired) electrons. The van der Waals surface area contributed by atoms with Crippen LogP contribution in [0.2, 0.25) is 0 Å². The Balaban J connectivity index is 1.61. The molecule has 0 saturated carbocycles. The van der Waals surface area contributed by atoms with Crippen molar-refractivity contribution in [1.82, 2.24) is 14.7 Å². The molecule has 0 bridgehead atoms. The topological polar surface area (TPSA) is 85.7 Å². The number of nitrogens with one attached hydrogen (secondary N) is 1. The maximum Gasteiger partial charge on any atom is 0.259 e. The number of anilines is 1. The molecule has 0 aliphatic carbocycles. The molecule has 1 aliphatic rings. The summed E-state index contributed by atoms with van der Waals surface area (Å²) in [6.45, 7) is 1.78. The highest BCUT2D eigenvalue weighted by molar-refractivity contribution is 5.94. The number of nitrogens with zero attached hydrogens (tertiary/aromatic N) is 3. The van der Waals surface area contributed by atoms with E-state index in [1.54, 1.807) is 19.4 Å². The van der Waals surface area contributed by atoms with Crippen molar-refractivity contribution in [2.75, 3.05) is 39.2 Å². The summed E-state index contributed by atoms with van der Waals surface area (Å²) >= 11 is 0. The Bertz CT molecular complexity index is 800. The molecule has 1 unspecified atom stereocenters. The van der Waals surface area contributed by atoms with Crippen LogP contribution in [0.3, 0.4) is 0 Å². The number of benzene rings is 1. The summed E-state index contributed by atoms with van der Waals surface area (Å²) in [5, 5.41) is 7.35. The largest absolute Gasteiger partial charge is 0.384 e. The van der Waals surface area contributed by atoms with Crippen LogP contribution in [0.4, 0.5) is 5.82 Å². The Morgan fingerprint density at radius 2 is 1.90 bits per heavy atom. The maximum absolute atomic E-state index is 12.8. The molecular weight excluding hydrogens is 372 g/mol. The highest BCUT2D eigenvalue weighted by Gasteiger charge is 2.27. The van der Waals surface area contributed by atoms with Crippen LogP contribution >= 0.6 is 0 Å². The number of carbonyl (C=O) groups is 2. The van der Waals surface area contributed by atoms with Gasteiger partial charge < -0.3 is 19.7 Å². The molecule has 1 fully saturated rings. The van der Waals surface area contributed by atoms with Gasteiger partial charge in [-0.2, -0.15) is 5.10 Å². The summed E-state index contributed by atoms with van der Waals surface area (Å²) in [6, 6.07) is 11.3. The van der Waals surface area contributed by atoms with Crippen LogP contribution in [0.5, 0.6) is 0 Å². The molecule has 1 N–H and O–H groups in total. The van der Waals surface area contributed by atoms with E-state index >= 15 is 0 Å². The number of likely N-dealkylation sites (tertiary alicyclic amines) is 1. The normalized spacial score (nSPS) is 15.9. The van der Waals surface area contributed by atoms with Crippen molar-refractivity contribution in [3.05, 3.63) is 48.2 Å². The number of amides is 2. The lowest BCUT2D eigenvalue weighted by atomic mass is 10.0. The van der Waals surface area contributed by atoms with Crippen LogP contribution in [0.1, 0.15) is 37.0 Å². The Morgan fingerprint density at radius 3 is 2.55 bits per heavy atom. The van der Waals surface area contributed by atoms with Crippen molar-refractivity contribution in [2.24, 2.45) is 0 Å². The summed E-state index contributed by atoms with van der Waals surface area (Å²) in [5.74, 6) is 0.509. The van der Waals surface area contributed by atoms with E-state index in [0.29, 0.717) is 31.9 Å². The van der Waals surface area contributed by atoms with Crippen molar-refractivity contribution < 1.29 is 19.1 Å². The molecule has 156 valence electrons. The van der Waals surface area contributed by atoms with Gasteiger partial charge in [-0.25, -0.2) is 4.68 Å². The lowest BCUT2D eigenvalue weighted by molar-refractivity contribution is -0.133.